The molecule has 0 spiro atoms. The Morgan fingerprint density at radius 2 is 1.71 bits per heavy atom. The standard InChI is InChI=1S/C18H12ClF4N3O2/c19-10-1-3-11(4-2-10)28-9-16(27)24-15-5-6-26(25-15)8-12-17(22)13(20)7-14(21)18(12)23/h1-7H,8-9H2,(H,24,25,27). The molecule has 2 aromatic carbocycles. The van der Waals surface area contributed by atoms with Crippen LogP contribution >= 0.6 is 11.6 Å². The number of anilines is 1. The Labute approximate surface area is 161 Å². The van der Waals surface area contributed by atoms with Gasteiger partial charge in [-0.1, -0.05) is 11.6 Å². The molecule has 1 amide bonds. The van der Waals surface area contributed by atoms with E-state index in [9.17, 15) is 22.4 Å². The second kappa shape index (κ2) is 8.30. The van der Waals surface area contributed by atoms with Gasteiger partial charge in [-0.15, -0.1) is 0 Å². The fourth-order valence-electron chi connectivity index (χ4n) is 2.30. The molecule has 1 N–H and O–H groups in total. The van der Waals surface area contributed by atoms with Gasteiger partial charge in [-0.05, 0) is 24.3 Å². The highest BCUT2D eigenvalue weighted by Crippen LogP contribution is 2.20. The number of ether oxygens (including phenoxy) is 1. The van der Waals surface area contributed by atoms with E-state index in [1.54, 1.807) is 24.3 Å². The SMILES string of the molecule is O=C(COc1ccc(Cl)cc1)Nc1ccn(Cc2c(F)c(F)cc(F)c2F)n1. The molecule has 0 bridgehead atoms. The summed E-state index contributed by atoms with van der Waals surface area (Å²) >= 11 is 5.74. The van der Waals surface area contributed by atoms with Crippen molar-refractivity contribution < 1.29 is 27.1 Å². The van der Waals surface area contributed by atoms with Crippen LogP contribution in [0.2, 0.25) is 5.02 Å². The van der Waals surface area contributed by atoms with Gasteiger partial charge in [0.1, 0.15) is 5.75 Å². The first-order chi connectivity index (χ1) is 13.3. The third-order valence-corrected chi connectivity index (χ3v) is 3.87. The third-order valence-electron chi connectivity index (χ3n) is 3.61. The summed E-state index contributed by atoms with van der Waals surface area (Å²) in [6.45, 7) is -0.879. The van der Waals surface area contributed by atoms with E-state index in [0.717, 1.165) is 4.68 Å². The fourth-order valence-corrected chi connectivity index (χ4v) is 2.42. The lowest BCUT2D eigenvalue weighted by atomic mass is 10.2. The first-order valence-electron chi connectivity index (χ1n) is 7.87. The van der Waals surface area contributed by atoms with Gasteiger partial charge in [-0.3, -0.25) is 9.48 Å². The van der Waals surface area contributed by atoms with Crippen LogP contribution < -0.4 is 10.1 Å². The fraction of sp³-hybridized carbons (Fsp3) is 0.111. The highest BCUT2D eigenvalue weighted by Gasteiger charge is 2.19. The van der Waals surface area contributed by atoms with Gasteiger partial charge >= 0.3 is 0 Å². The molecule has 146 valence electrons. The molecule has 0 aliphatic carbocycles. The molecule has 28 heavy (non-hydrogen) atoms. The number of nitrogens with one attached hydrogen (secondary N) is 1. The molecular formula is C18H12ClF4N3O2. The van der Waals surface area contributed by atoms with Gasteiger partial charge in [0.2, 0.25) is 0 Å². The topological polar surface area (TPSA) is 56.1 Å². The summed E-state index contributed by atoms with van der Waals surface area (Å²) in [4.78, 5) is 11.9. The Hall–Kier alpha value is -3.07. The minimum Gasteiger partial charge on any atom is -0.484 e. The van der Waals surface area contributed by atoms with E-state index in [1.807, 2.05) is 0 Å². The van der Waals surface area contributed by atoms with Crippen LogP contribution in [0.15, 0.2) is 42.6 Å². The molecule has 10 heteroatoms. The van der Waals surface area contributed by atoms with Gasteiger partial charge in [0, 0.05) is 23.4 Å². The first-order valence-corrected chi connectivity index (χ1v) is 8.25. The van der Waals surface area contributed by atoms with Crippen LogP contribution in [0.5, 0.6) is 5.75 Å². The maximum absolute atomic E-state index is 13.7. The number of amides is 1. The van der Waals surface area contributed by atoms with Gasteiger partial charge in [-0.2, -0.15) is 5.10 Å². The van der Waals surface area contributed by atoms with Crippen LogP contribution in [0.3, 0.4) is 0 Å². The second-order valence-corrected chi connectivity index (χ2v) is 6.07. The molecule has 0 unspecified atom stereocenters. The van der Waals surface area contributed by atoms with Gasteiger partial charge in [0.25, 0.3) is 5.91 Å². The van der Waals surface area contributed by atoms with Crippen molar-refractivity contribution in [2.24, 2.45) is 0 Å². The average molecular weight is 414 g/mol. The quantitative estimate of drug-likeness (QED) is 0.487. The van der Waals surface area contributed by atoms with Crippen LogP contribution in [0.25, 0.3) is 0 Å². The van der Waals surface area contributed by atoms with E-state index in [4.69, 9.17) is 16.3 Å². The maximum Gasteiger partial charge on any atom is 0.263 e. The summed E-state index contributed by atoms with van der Waals surface area (Å²) < 4.78 is 60.2. The monoisotopic (exact) mass is 413 g/mol. The minimum atomic E-state index is -1.51. The number of nitrogens with zero attached hydrogens (tertiary/aromatic N) is 2. The van der Waals surface area contributed by atoms with Crippen molar-refractivity contribution in [3.05, 3.63) is 76.5 Å². The van der Waals surface area contributed by atoms with Crippen LogP contribution in [0, 0.1) is 23.3 Å². The van der Waals surface area contributed by atoms with Crippen LogP contribution in [-0.4, -0.2) is 22.3 Å². The molecule has 1 heterocycles. The molecule has 3 rings (SSSR count). The number of rotatable bonds is 6. The molecule has 0 aliphatic heterocycles. The predicted octanol–water partition coefficient (Wildman–Crippen LogP) is 4.16. The van der Waals surface area contributed by atoms with Crippen molar-refractivity contribution in [1.82, 2.24) is 9.78 Å². The predicted molar refractivity (Wildman–Crippen MR) is 93.2 cm³/mol. The van der Waals surface area contributed by atoms with E-state index >= 15 is 0 Å². The Kier molecular flexibility index (Phi) is 5.84. The number of carbonyl (C=O) groups is 1. The Balaban J connectivity index is 1.61. The molecular weight excluding hydrogens is 402 g/mol. The number of halogens is 5. The highest BCUT2D eigenvalue weighted by atomic mass is 35.5. The number of carbonyl (C=O) groups excluding carboxylic acids is 1. The summed E-state index contributed by atoms with van der Waals surface area (Å²) in [5.74, 6) is -6.04. The Bertz CT molecular complexity index is 983. The summed E-state index contributed by atoms with van der Waals surface area (Å²) in [5, 5.41) is 6.83. The van der Waals surface area contributed by atoms with E-state index in [0.29, 0.717) is 10.8 Å². The molecule has 0 aliphatic rings. The van der Waals surface area contributed by atoms with Crippen molar-refractivity contribution in [3.63, 3.8) is 0 Å². The van der Waals surface area contributed by atoms with Crippen molar-refractivity contribution in [2.75, 3.05) is 11.9 Å². The highest BCUT2D eigenvalue weighted by molar-refractivity contribution is 6.30. The molecule has 0 radical (unpaired) electrons. The normalized spacial score (nSPS) is 10.8. The lowest BCUT2D eigenvalue weighted by Gasteiger charge is -2.07. The van der Waals surface area contributed by atoms with Gasteiger partial charge in [0.15, 0.2) is 35.7 Å². The number of aromatic nitrogens is 2. The van der Waals surface area contributed by atoms with E-state index in [2.05, 4.69) is 10.4 Å². The third kappa shape index (κ3) is 4.61. The van der Waals surface area contributed by atoms with E-state index in [-0.39, 0.29) is 18.5 Å². The lowest BCUT2D eigenvalue weighted by Crippen LogP contribution is -2.20. The maximum atomic E-state index is 13.7. The van der Waals surface area contributed by atoms with Crippen LogP contribution in [0.4, 0.5) is 23.4 Å². The van der Waals surface area contributed by atoms with Gasteiger partial charge in [0.05, 0.1) is 12.1 Å². The number of benzene rings is 2. The second-order valence-electron chi connectivity index (χ2n) is 5.64. The van der Waals surface area contributed by atoms with Crippen molar-refractivity contribution >= 4 is 23.3 Å². The zero-order valence-electron chi connectivity index (χ0n) is 14.1. The summed E-state index contributed by atoms with van der Waals surface area (Å²) in [5.41, 5.74) is -0.815. The van der Waals surface area contributed by atoms with Crippen molar-refractivity contribution in [1.29, 1.82) is 0 Å². The number of hydrogen-bond acceptors (Lipinski definition) is 3. The zero-order valence-corrected chi connectivity index (χ0v) is 14.8. The van der Waals surface area contributed by atoms with Gasteiger partial charge < -0.3 is 10.1 Å². The molecule has 0 saturated heterocycles. The van der Waals surface area contributed by atoms with Gasteiger partial charge in [-0.25, -0.2) is 17.6 Å². The van der Waals surface area contributed by atoms with Crippen LogP contribution in [-0.2, 0) is 11.3 Å². The van der Waals surface area contributed by atoms with Crippen molar-refractivity contribution in [3.8, 4) is 5.75 Å². The summed E-state index contributed by atoms with van der Waals surface area (Å²) in [6.07, 6.45) is 1.29. The molecule has 0 atom stereocenters. The Morgan fingerprint density at radius 1 is 1.07 bits per heavy atom. The minimum absolute atomic E-state index is 0.0717. The van der Waals surface area contributed by atoms with E-state index < -0.39 is 41.3 Å². The summed E-state index contributed by atoms with van der Waals surface area (Å²) in [6, 6.07) is 7.86. The largest absolute Gasteiger partial charge is 0.484 e. The number of hydrogen-bond donors (Lipinski definition) is 1. The van der Waals surface area contributed by atoms with Crippen molar-refractivity contribution in [2.45, 2.75) is 6.54 Å². The first kappa shape index (κ1) is 19.7. The Morgan fingerprint density at radius 3 is 2.36 bits per heavy atom. The zero-order chi connectivity index (χ0) is 20.3. The molecule has 3 aromatic rings. The molecule has 1 aromatic heterocycles. The van der Waals surface area contributed by atoms with E-state index in [1.165, 1.54) is 12.3 Å². The molecule has 0 fully saturated rings. The molecule has 0 saturated carbocycles. The lowest BCUT2D eigenvalue weighted by molar-refractivity contribution is -0.118. The molecule has 5 nitrogen and oxygen atoms in total. The average Bonchev–Trinajstić information content (AvgIpc) is 3.10. The summed E-state index contributed by atoms with van der Waals surface area (Å²) in [7, 11) is 0. The smallest absolute Gasteiger partial charge is 0.263 e. The van der Waals surface area contributed by atoms with Crippen LogP contribution in [0.1, 0.15) is 5.56 Å².